The summed E-state index contributed by atoms with van der Waals surface area (Å²) in [5.41, 5.74) is 0. The summed E-state index contributed by atoms with van der Waals surface area (Å²) >= 11 is 0. The van der Waals surface area contributed by atoms with E-state index in [1.54, 1.807) is 0 Å². The van der Waals surface area contributed by atoms with Gasteiger partial charge in [-0.3, -0.25) is 9.69 Å². The van der Waals surface area contributed by atoms with Gasteiger partial charge in [0, 0.05) is 32.2 Å². The van der Waals surface area contributed by atoms with Gasteiger partial charge in [0.05, 0.1) is 13.2 Å². The van der Waals surface area contributed by atoms with E-state index in [2.05, 4.69) is 10.2 Å². The van der Waals surface area contributed by atoms with E-state index in [-0.39, 0.29) is 12.5 Å². The molecule has 1 aliphatic carbocycles. The highest BCUT2D eigenvalue weighted by Gasteiger charge is 2.20. The number of hydrogen-bond donors (Lipinski definition) is 2. The number of hydrogen-bond acceptors (Lipinski definition) is 4. The molecule has 5 nitrogen and oxygen atoms in total. The maximum absolute atomic E-state index is 12.2. The van der Waals surface area contributed by atoms with Gasteiger partial charge in [0.25, 0.3) is 0 Å². The molecule has 2 N–H and O–H groups in total. The first-order chi connectivity index (χ1) is 9.29. The van der Waals surface area contributed by atoms with Crippen LogP contribution in [0.3, 0.4) is 0 Å². The number of nitrogens with zero attached hydrogens (tertiary/aromatic N) is 2. The Kier molecular flexibility index (Phi) is 6.07. The fourth-order valence-corrected chi connectivity index (χ4v) is 3.06. The Balaban J connectivity index is 1.69. The average molecular weight is 269 g/mol. The van der Waals surface area contributed by atoms with Gasteiger partial charge in [0.2, 0.25) is 5.91 Å². The highest BCUT2D eigenvalue weighted by Crippen LogP contribution is 2.17. The van der Waals surface area contributed by atoms with Crippen LogP contribution in [0.15, 0.2) is 0 Å². The van der Waals surface area contributed by atoms with Crippen LogP contribution in [-0.2, 0) is 4.79 Å². The summed E-state index contributed by atoms with van der Waals surface area (Å²) in [6.07, 6.45) is 6.04. The minimum absolute atomic E-state index is 0.206. The molecule has 0 aromatic heterocycles. The molecule has 110 valence electrons. The molecule has 1 saturated carbocycles. The molecule has 1 aliphatic heterocycles. The van der Waals surface area contributed by atoms with E-state index in [1.807, 2.05) is 4.90 Å². The van der Waals surface area contributed by atoms with E-state index < -0.39 is 0 Å². The summed E-state index contributed by atoms with van der Waals surface area (Å²) in [7, 11) is 0. The van der Waals surface area contributed by atoms with Gasteiger partial charge in [-0.25, -0.2) is 0 Å². The number of aliphatic hydroxyl groups is 1. The van der Waals surface area contributed by atoms with Gasteiger partial charge in [0.1, 0.15) is 0 Å². The number of carbonyl (C=O) groups excluding carboxylic acids is 1. The SMILES string of the molecule is O=C(CNC1CCCC1)N1CCCN(CCO)CC1. The smallest absolute Gasteiger partial charge is 0.236 e. The molecule has 1 amide bonds. The predicted molar refractivity (Wildman–Crippen MR) is 75.0 cm³/mol. The van der Waals surface area contributed by atoms with Crippen molar-refractivity contribution in [2.45, 2.75) is 38.1 Å². The Morgan fingerprint density at radius 2 is 1.89 bits per heavy atom. The quantitative estimate of drug-likeness (QED) is 0.740. The van der Waals surface area contributed by atoms with Crippen LogP contribution in [0.4, 0.5) is 0 Å². The van der Waals surface area contributed by atoms with Crippen molar-refractivity contribution in [1.29, 1.82) is 0 Å². The van der Waals surface area contributed by atoms with Crippen molar-refractivity contribution in [3.8, 4) is 0 Å². The lowest BCUT2D eigenvalue weighted by molar-refractivity contribution is -0.130. The van der Waals surface area contributed by atoms with Gasteiger partial charge in [-0.05, 0) is 25.8 Å². The Morgan fingerprint density at radius 1 is 1.11 bits per heavy atom. The third-order valence-electron chi connectivity index (χ3n) is 4.25. The van der Waals surface area contributed by atoms with Gasteiger partial charge in [-0.1, -0.05) is 12.8 Å². The Morgan fingerprint density at radius 3 is 2.63 bits per heavy atom. The molecule has 0 aromatic rings. The fourth-order valence-electron chi connectivity index (χ4n) is 3.06. The monoisotopic (exact) mass is 269 g/mol. The van der Waals surface area contributed by atoms with Crippen LogP contribution in [-0.4, -0.2) is 72.7 Å². The van der Waals surface area contributed by atoms with Gasteiger partial charge in [0.15, 0.2) is 0 Å². The Labute approximate surface area is 115 Å². The standard InChI is InChI=1S/C14H27N3O2/c18-11-10-16-6-3-7-17(9-8-16)14(19)12-15-13-4-1-2-5-13/h13,15,18H,1-12H2. The van der Waals surface area contributed by atoms with Crippen molar-refractivity contribution >= 4 is 5.91 Å². The highest BCUT2D eigenvalue weighted by atomic mass is 16.3. The first-order valence-corrected chi connectivity index (χ1v) is 7.64. The molecular formula is C14H27N3O2. The normalized spacial score (nSPS) is 22.7. The van der Waals surface area contributed by atoms with E-state index >= 15 is 0 Å². The van der Waals surface area contributed by atoms with E-state index in [0.717, 1.165) is 39.1 Å². The van der Waals surface area contributed by atoms with Crippen molar-refractivity contribution in [2.75, 3.05) is 45.9 Å². The third kappa shape index (κ3) is 4.75. The molecule has 2 aliphatic rings. The molecule has 0 radical (unpaired) electrons. The molecule has 19 heavy (non-hydrogen) atoms. The van der Waals surface area contributed by atoms with Gasteiger partial charge in [-0.2, -0.15) is 0 Å². The second-order valence-electron chi connectivity index (χ2n) is 5.66. The van der Waals surface area contributed by atoms with E-state index in [0.29, 0.717) is 12.6 Å². The summed E-state index contributed by atoms with van der Waals surface area (Å²) in [5, 5.41) is 12.3. The van der Waals surface area contributed by atoms with Crippen molar-refractivity contribution in [1.82, 2.24) is 15.1 Å². The zero-order valence-electron chi connectivity index (χ0n) is 11.8. The molecule has 1 heterocycles. The maximum Gasteiger partial charge on any atom is 0.236 e. The number of rotatable bonds is 5. The van der Waals surface area contributed by atoms with Gasteiger partial charge in [-0.15, -0.1) is 0 Å². The first-order valence-electron chi connectivity index (χ1n) is 7.64. The molecular weight excluding hydrogens is 242 g/mol. The largest absolute Gasteiger partial charge is 0.395 e. The minimum Gasteiger partial charge on any atom is -0.395 e. The number of carbonyl (C=O) groups is 1. The average Bonchev–Trinajstić information content (AvgIpc) is 2.82. The van der Waals surface area contributed by atoms with Crippen LogP contribution < -0.4 is 5.32 Å². The van der Waals surface area contributed by atoms with Crippen molar-refractivity contribution in [3.05, 3.63) is 0 Å². The maximum atomic E-state index is 12.2. The zero-order chi connectivity index (χ0) is 13.5. The Hall–Kier alpha value is -0.650. The second kappa shape index (κ2) is 7.82. The molecule has 0 aromatic carbocycles. The Bertz CT molecular complexity index is 280. The molecule has 2 rings (SSSR count). The summed E-state index contributed by atoms with van der Waals surface area (Å²) < 4.78 is 0. The lowest BCUT2D eigenvalue weighted by Gasteiger charge is -2.22. The van der Waals surface area contributed by atoms with E-state index in [4.69, 9.17) is 5.11 Å². The number of amides is 1. The highest BCUT2D eigenvalue weighted by molar-refractivity contribution is 5.78. The molecule has 1 saturated heterocycles. The summed E-state index contributed by atoms with van der Waals surface area (Å²) in [5.74, 6) is 0.234. The lowest BCUT2D eigenvalue weighted by atomic mass is 10.2. The lowest BCUT2D eigenvalue weighted by Crippen LogP contribution is -2.42. The minimum atomic E-state index is 0.206. The van der Waals surface area contributed by atoms with Crippen molar-refractivity contribution in [2.24, 2.45) is 0 Å². The van der Waals surface area contributed by atoms with Crippen molar-refractivity contribution < 1.29 is 9.90 Å². The van der Waals surface area contributed by atoms with Crippen LogP contribution in [0.25, 0.3) is 0 Å². The van der Waals surface area contributed by atoms with Crippen molar-refractivity contribution in [3.63, 3.8) is 0 Å². The second-order valence-corrected chi connectivity index (χ2v) is 5.66. The van der Waals surface area contributed by atoms with Crippen LogP contribution in [0.5, 0.6) is 0 Å². The number of aliphatic hydroxyl groups excluding tert-OH is 1. The molecule has 0 spiro atoms. The number of β-amino-alcohol motifs (C(OH)–C–C–N with tert-alkyl or cyclic N) is 1. The molecule has 0 atom stereocenters. The topological polar surface area (TPSA) is 55.8 Å². The zero-order valence-corrected chi connectivity index (χ0v) is 11.8. The van der Waals surface area contributed by atoms with Crippen LogP contribution >= 0.6 is 0 Å². The fraction of sp³-hybridized carbons (Fsp3) is 0.929. The summed E-state index contributed by atoms with van der Waals surface area (Å²) in [6, 6.07) is 0.557. The van der Waals surface area contributed by atoms with Crippen LogP contribution in [0.2, 0.25) is 0 Å². The van der Waals surface area contributed by atoms with Gasteiger partial charge < -0.3 is 15.3 Å². The van der Waals surface area contributed by atoms with E-state index in [1.165, 1.54) is 25.7 Å². The molecule has 0 unspecified atom stereocenters. The molecule has 2 fully saturated rings. The number of nitrogens with one attached hydrogen (secondary N) is 1. The predicted octanol–water partition coefficient (Wildman–Crippen LogP) is 0.0452. The molecule has 5 heteroatoms. The summed E-state index contributed by atoms with van der Waals surface area (Å²) in [4.78, 5) is 16.4. The molecule has 0 bridgehead atoms. The summed E-state index contributed by atoms with van der Waals surface area (Å²) in [6.45, 7) is 4.94. The first kappa shape index (κ1) is 14.8. The van der Waals surface area contributed by atoms with Crippen LogP contribution in [0.1, 0.15) is 32.1 Å². The van der Waals surface area contributed by atoms with Crippen LogP contribution in [0, 0.1) is 0 Å². The third-order valence-corrected chi connectivity index (χ3v) is 4.25. The van der Waals surface area contributed by atoms with Gasteiger partial charge >= 0.3 is 0 Å². The van der Waals surface area contributed by atoms with E-state index in [9.17, 15) is 4.79 Å².